The van der Waals surface area contributed by atoms with Gasteiger partial charge in [0.2, 0.25) is 0 Å². The first-order valence-electron chi connectivity index (χ1n) is 14.4. The molecule has 42 heavy (non-hydrogen) atoms. The molecule has 0 amide bonds. The number of anilines is 1. The second-order valence-electron chi connectivity index (χ2n) is 11.3. The van der Waals surface area contributed by atoms with E-state index in [1.165, 1.54) is 16.7 Å². The van der Waals surface area contributed by atoms with Crippen LogP contribution in [0.15, 0.2) is 127 Å². The van der Waals surface area contributed by atoms with E-state index in [9.17, 15) is 0 Å². The van der Waals surface area contributed by atoms with E-state index in [1.54, 1.807) is 6.20 Å². The molecule has 5 heterocycles. The van der Waals surface area contributed by atoms with Crippen LogP contribution in [-0.4, -0.2) is 46.2 Å². The fourth-order valence-corrected chi connectivity index (χ4v) is 7.09. The van der Waals surface area contributed by atoms with Crippen molar-refractivity contribution in [3.05, 3.63) is 149 Å². The monoisotopic (exact) mass is 552 g/mol. The summed E-state index contributed by atoms with van der Waals surface area (Å²) in [6.45, 7) is 0. The molecular weight excluding hydrogens is 520 g/mol. The lowest BCUT2D eigenvalue weighted by Gasteiger charge is -2.55. The molecule has 4 atom stereocenters. The highest BCUT2D eigenvalue weighted by Crippen LogP contribution is 2.51. The Morgan fingerprint density at radius 3 is 2.12 bits per heavy atom. The summed E-state index contributed by atoms with van der Waals surface area (Å²) < 4.78 is 6.52. The molecule has 8 rings (SSSR count). The Labute approximate surface area is 246 Å². The van der Waals surface area contributed by atoms with Crippen molar-refractivity contribution in [3.8, 4) is 5.75 Å². The van der Waals surface area contributed by atoms with E-state index >= 15 is 0 Å². The molecule has 7 nitrogen and oxygen atoms in total. The standard InChI is InChI=1S/C35H32N6O/c1-39-33(24-9-5-3-6-10-24)38-34(25-11-7-4-8-12-25)40(2)35(39)41-29-21-36-20-18-26(29)27-15-16-30-28(32(27)41)14-13-23-17-19-37-22-31(23)42-30/h3-22,27,32-35,38H,1-2H3. The van der Waals surface area contributed by atoms with Gasteiger partial charge in [-0.25, -0.2) is 0 Å². The first-order valence-corrected chi connectivity index (χ1v) is 14.4. The minimum Gasteiger partial charge on any atom is -0.455 e. The van der Waals surface area contributed by atoms with Crippen LogP contribution in [0.1, 0.15) is 40.5 Å². The molecule has 208 valence electrons. The van der Waals surface area contributed by atoms with Crippen LogP contribution in [0, 0.1) is 0 Å². The summed E-state index contributed by atoms with van der Waals surface area (Å²) in [6, 6.07) is 25.6. The maximum atomic E-state index is 6.52. The molecule has 3 aliphatic heterocycles. The van der Waals surface area contributed by atoms with Gasteiger partial charge in [-0.2, -0.15) is 0 Å². The van der Waals surface area contributed by atoms with Crippen molar-refractivity contribution in [1.82, 2.24) is 25.1 Å². The summed E-state index contributed by atoms with van der Waals surface area (Å²) in [5.41, 5.74) is 7.06. The molecule has 4 aromatic rings. The number of ether oxygens (including phenoxy) is 1. The SMILES string of the molecule is CN1C(c2ccccc2)NC(c2ccccc2)N(C)C1N1c2cnccc2C2C=CC3=C(C=Cc4ccncc4O3)C21. The van der Waals surface area contributed by atoms with Crippen molar-refractivity contribution in [2.24, 2.45) is 0 Å². The van der Waals surface area contributed by atoms with Crippen LogP contribution in [0.4, 0.5) is 5.69 Å². The molecule has 7 heteroatoms. The van der Waals surface area contributed by atoms with Crippen LogP contribution >= 0.6 is 0 Å². The zero-order chi connectivity index (χ0) is 28.2. The highest BCUT2D eigenvalue weighted by atomic mass is 16.5. The molecule has 0 saturated carbocycles. The number of pyridine rings is 2. The van der Waals surface area contributed by atoms with E-state index < -0.39 is 0 Å². The average Bonchev–Trinajstić information content (AvgIpc) is 3.23. The lowest BCUT2D eigenvalue weighted by Crippen LogP contribution is -2.67. The van der Waals surface area contributed by atoms with Gasteiger partial charge < -0.3 is 9.64 Å². The van der Waals surface area contributed by atoms with Crippen LogP contribution in [-0.2, 0) is 0 Å². The van der Waals surface area contributed by atoms with Gasteiger partial charge >= 0.3 is 0 Å². The predicted molar refractivity (Wildman–Crippen MR) is 164 cm³/mol. The topological polar surface area (TPSA) is 56.8 Å². The van der Waals surface area contributed by atoms with Gasteiger partial charge in [0.05, 0.1) is 36.5 Å². The number of hydrogen-bond donors (Lipinski definition) is 1. The Morgan fingerprint density at radius 2 is 1.40 bits per heavy atom. The number of hydrogen-bond acceptors (Lipinski definition) is 7. The maximum Gasteiger partial charge on any atom is 0.152 e. The third-order valence-corrected chi connectivity index (χ3v) is 8.99. The van der Waals surface area contributed by atoms with Crippen molar-refractivity contribution >= 4 is 11.8 Å². The van der Waals surface area contributed by atoms with Crippen LogP contribution < -0.4 is 15.0 Å². The summed E-state index contributed by atoms with van der Waals surface area (Å²) in [6.07, 6.45) is 16.2. The van der Waals surface area contributed by atoms with Crippen molar-refractivity contribution in [1.29, 1.82) is 0 Å². The highest BCUT2D eigenvalue weighted by molar-refractivity contribution is 5.71. The van der Waals surface area contributed by atoms with Gasteiger partial charge in [0.25, 0.3) is 0 Å². The lowest BCUT2D eigenvalue weighted by atomic mass is 9.85. The number of fused-ring (bicyclic) bond motifs is 5. The molecule has 0 spiro atoms. The van der Waals surface area contributed by atoms with E-state index in [0.29, 0.717) is 0 Å². The molecule has 2 aromatic heterocycles. The normalized spacial score (nSPS) is 26.6. The Balaban J connectivity index is 1.29. The van der Waals surface area contributed by atoms with Crippen molar-refractivity contribution in [3.63, 3.8) is 0 Å². The fraction of sp³-hybridized carbons (Fsp3) is 0.200. The van der Waals surface area contributed by atoms with Gasteiger partial charge in [-0.1, -0.05) is 78.9 Å². The second kappa shape index (κ2) is 10.1. The first-order chi connectivity index (χ1) is 20.7. The van der Waals surface area contributed by atoms with E-state index in [4.69, 9.17) is 4.74 Å². The quantitative estimate of drug-likeness (QED) is 0.343. The molecule has 0 radical (unpaired) electrons. The van der Waals surface area contributed by atoms with E-state index in [-0.39, 0.29) is 30.6 Å². The zero-order valence-electron chi connectivity index (χ0n) is 23.6. The minimum absolute atomic E-state index is 0.0133. The summed E-state index contributed by atoms with van der Waals surface area (Å²) in [4.78, 5) is 16.4. The Morgan fingerprint density at radius 1 is 0.738 bits per heavy atom. The lowest BCUT2D eigenvalue weighted by molar-refractivity contribution is -0.0662. The third-order valence-electron chi connectivity index (χ3n) is 8.99. The number of nitrogens with zero attached hydrogens (tertiary/aromatic N) is 5. The van der Waals surface area contributed by atoms with Gasteiger partial charge in [-0.05, 0) is 49.0 Å². The molecule has 4 aliphatic rings. The number of aromatic nitrogens is 2. The van der Waals surface area contributed by atoms with Crippen molar-refractivity contribution < 1.29 is 4.74 Å². The van der Waals surface area contributed by atoms with Gasteiger partial charge in [0.1, 0.15) is 12.0 Å². The molecule has 2 aromatic carbocycles. The highest BCUT2D eigenvalue weighted by Gasteiger charge is 2.50. The van der Waals surface area contributed by atoms with Gasteiger partial charge in [0.15, 0.2) is 5.75 Å². The third kappa shape index (κ3) is 3.93. The molecule has 1 aliphatic carbocycles. The van der Waals surface area contributed by atoms with Crippen LogP contribution in [0.3, 0.4) is 0 Å². The van der Waals surface area contributed by atoms with Crippen molar-refractivity contribution in [2.45, 2.75) is 30.6 Å². The van der Waals surface area contributed by atoms with Gasteiger partial charge in [0, 0.05) is 29.4 Å². The zero-order valence-corrected chi connectivity index (χ0v) is 23.6. The Bertz CT molecular complexity index is 1670. The minimum atomic E-state index is -0.0967. The second-order valence-corrected chi connectivity index (χ2v) is 11.3. The predicted octanol–water partition coefficient (Wildman–Crippen LogP) is 5.83. The smallest absolute Gasteiger partial charge is 0.152 e. The summed E-state index contributed by atoms with van der Waals surface area (Å²) in [7, 11) is 4.43. The Hall–Kier alpha value is -4.56. The molecule has 0 bridgehead atoms. The Kier molecular flexibility index (Phi) is 6.03. The molecular formula is C35H32N6O. The number of allylic oxidation sites excluding steroid dienone is 1. The summed E-state index contributed by atoms with van der Waals surface area (Å²) in [5.74, 6) is 1.80. The van der Waals surface area contributed by atoms with Crippen LogP contribution in [0.25, 0.3) is 6.08 Å². The first kappa shape index (κ1) is 25.2. The van der Waals surface area contributed by atoms with Crippen LogP contribution in [0.5, 0.6) is 5.75 Å². The van der Waals surface area contributed by atoms with Gasteiger partial charge in [-0.3, -0.25) is 25.1 Å². The molecule has 4 unspecified atom stereocenters. The maximum absolute atomic E-state index is 6.52. The van der Waals surface area contributed by atoms with E-state index in [0.717, 1.165) is 28.3 Å². The van der Waals surface area contributed by atoms with E-state index in [1.807, 2.05) is 24.7 Å². The molecule has 1 N–H and O–H groups in total. The molecule has 1 saturated heterocycles. The van der Waals surface area contributed by atoms with E-state index in [2.05, 4.69) is 135 Å². The summed E-state index contributed by atoms with van der Waals surface area (Å²) >= 11 is 0. The number of nitrogens with one attached hydrogen (secondary N) is 1. The largest absolute Gasteiger partial charge is 0.455 e. The fourth-order valence-electron chi connectivity index (χ4n) is 7.09. The average molecular weight is 553 g/mol. The van der Waals surface area contributed by atoms with Crippen molar-refractivity contribution in [2.75, 3.05) is 19.0 Å². The summed E-state index contributed by atoms with van der Waals surface area (Å²) in [5, 5.41) is 3.95. The molecule has 1 fully saturated rings. The number of benzene rings is 2. The van der Waals surface area contributed by atoms with Gasteiger partial charge in [-0.15, -0.1) is 0 Å². The van der Waals surface area contributed by atoms with Crippen LogP contribution in [0.2, 0.25) is 0 Å². The number of rotatable bonds is 3.